The fourth-order valence-corrected chi connectivity index (χ4v) is 2.21. The van der Waals surface area contributed by atoms with Gasteiger partial charge in [-0.25, -0.2) is 0 Å². The van der Waals surface area contributed by atoms with Crippen molar-refractivity contribution in [2.75, 3.05) is 0 Å². The van der Waals surface area contributed by atoms with Crippen LogP contribution in [-0.2, 0) is 0 Å². The predicted octanol–water partition coefficient (Wildman–Crippen LogP) is 4.00. The summed E-state index contributed by atoms with van der Waals surface area (Å²) in [6, 6.07) is 7.76. The van der Waals surface area contributed by atoms with E-state index >= 15 is 0 Å². The lowest BCUT2D eigenvalue weighted by molar-refractivity contribution is 0.401. The van der Waals surface area contributed by atoms with Crippen molar-refractivity contribution in [3.05, 3.63) is 46.5 Å². The molecule has 0 aromatic heterocycles. The van der Waals surface area contributed by atoms with E-state index in [0.717, 1.165) is 22.3 Å². The van der Waals surface area contributed by atoms with Crippen LogP contribution in [0.15, 0.2) is 24.3 Å². The molecule has 0 unspecified atom stereocenters. The Morgan fingerprint density at radius 3 is 2.11 bits per heavy atom. The average molecular weight is 242 g/mol. The number of aromatic hydroxyl groups is 2. The summed E-state index contributed by atoms with van der Waals surface area (Å²) in [5.41, 5.74) is 6.22. The molecule has 0 bridgehead atoms. The standard InChI is InChI=1S/C16H18O2/c1-9-6-5-7-13(10(9)2)14-8-15(17)16(18)12(4)11(14)3/h5-8,17-18H,1-4H3. The van der Waals surface area contributed by atoms with Crippen molar-refractivity contribution in [2.24, 2.45) is 0 Å². The van der Waals surface area contributed by atoms with Crippen LogP contribution >= 0.6 is 0 Å². The van der Waals surface area contributed by atoms with E-state index in [9.17, 15) is 10.2 Å². The fourth-order valence-electron chi connectivity index (χ4n) is 2.21. The SMILES string of the molecule is Cc1cccc(-c2cc(O)c(O)c(C)c2C)c1C. The van der Waals surface area contributed by atoms with Gasteiger partial charge in [0.15, 0.2) is 11.5 Å². The van der Waals surface area contributed by atoms with E-state index in [1.807, 2.05) is 26.0 Å². The maximum absolute atomic E-state index is 9.78. The number of hydrogen-bond donors (Lipinski definition) is 2. The van der Waals surface area contributed by atoms with Crippen molar-refractivity contribution in [3.8, 4) is 22.6 Å². The zero-order valence-corrected chi connectivity index (χ0v) is 11.2. The maximum Gasteiger partial charge on any atom is 0.160 e. The zero-order valence-electron chi connectivity index (χ0n) is 11.2. The van der Waals surface area contributed by atoms with Gasteiger partial charge in [-0.3, -0.25) is 0 Å². The van der Waals surface area contributed by atoms with Crippen LogP contribution in [0.5, 0.6) is 11.5 Å². The molecule has 18 heavy (non-hydrogen) atoms. The van der Waals surface area contributed by atoms with Gasteiger partial charge < -0.3 is 10.2 Å². The van der Waals surface area contributed by atoms with E-state index in [1.54, 1.807) is 6.07 Å². The first-order valence-corrected chi connectivity index (χ1v) is 6.02. The molecule has 0 amide bonds. The van der Waals surface area contributed by atoms with Crippen molar-refractivity contribution in [2.45, 2.75) is 27.7 Å². The molecular weight excluding hydrogens is 224 g/mol. The number of rotatable bonds is 1. The molecule has 0 atom stereocenters. The Hall–Kier alpha value is -1.96. The molecule has 2 aromatic rings. The molecule has 0 aliphatic carbocycles. The van der Waals surface area contributed by atoms with Crippen molar-refractivity contribution >= 4 is 0 Å². The van der Waals surface area contributed by atoms with Crippen LogP contribution in [0.4, 0.5) is 0 Å². The van der Waals surface area contributed by atoms with Gasteiger partial charge >= 0.3 is 0 Å². The molecule has 0 aliphatic rings. The molecule has 2 heteroatoms. The number of aryl methyl sites for hydroxylation is 1. The number of phenols is 2. The van der Waals surface area contributed by atoms with E-state index in [4.69, 9.17) is 0 Å². The Bertz CT molecular complexity index is 613. The molecule has 0 saturated carbocycles. The Morgan fingerprint density at radius 1 is 0.778 bits per heavy atom. The van der Waals surface area contributed by atoms with E-state index < -0.39 is 0 Å². The summed E-state index contributed by atoms with van der Waals surface area (Å²) < 4.78 is 0. The van der Waals surface area contributed by atoms with E-state index in [1.165, 1.54) is 11.1 Å². The lowest BCUT2D eigenvalue weighted by Gasteiger charge is -2.15. The summed E-state index contributed by atoms with van der Waals surface area (Å²) in [5.74, 6) is -0.0874. The van der Waals surface area contributed by atoms with Gasteiger partial charge in [-0.2, -0.15) is 0 Å². The van der Waals surface area contributed by atoms with E-state index in [-0.39, 0.29) is 11.5 Å². The molecule has 0 spiro atoms. The first-order chi connectivity index (χ1) is 8.43. The molecule has 2 aromatic carbocycles. The number of benzene rings is 2. The Morgan fingerprint density at radius 2 is 1.44 bits per heavy atom. The molecule has 2 nitrogen and oxygen atoms in total. The highest BCUT2D eigenvalue weighted by Gasteiger charge is 2.14. The van der Waals surface area contributed by atoms with E-state index in [2.05, 4.69) is 19.9 Å². The van der Waals surface area contributed by atoms with Gasteiger partial charge in [0.25, 0.3) is 0 Å². The van der Waals surface area contributed by atoms with Gasteiger partial charge in [-0.05, 0) is 67.1 Å². The molecular formula is C16H18O2. The molecule has 2 N–H and O–H groups in total. The van der Waals surface area contributed by atoms with Gasteiger partial charge in [0.2, 0.25) is 0 Å². The number of phenolic OH excluding ortho intramolecular Hbond substituents is 2. The second kappa shape index (κ2) is 4.37. The van der Waals surface area contributed by atoms with Gasteiger partial charge in [0, 0.05) is 0 Å². The second-order valence-corrected chi connectivity index (χ2v) is 4.79. The summed E-state index contributed by atoms with van der Waals surface area (Å²) in [4.78, 5) is 0. The third kappa shape index (κ3) is 1.84. The lowest BCUT2D eigenvalue weighted by Crippen LogP contribution is -1.92. The Balaban J connectivity index is 2.76. The Kier molecular flexibility index (Phi) is 3.04. The van der Waals surface area contributed by atoms with Gasteiger partial charge in [-0.1, -0.05) is 18.2 Å². The van der Waals surface area contributed by atoms with Crippen LogP contribution in [0, 0.1) is 27.7 Å². The van der Waals surface area contributed by atoms with Crippen LogP contribution in [0.1, 0.15) is 22.3 Å². The summed E-state index contributed by atoms with van der Waals surface area (Å²) in [5, 5.41) is 19.5. The molecule has 0 fully saturated rings. The van der Waals surface area contributed by atoms with Crippen LogP contribution < -0.4 is 0 Å². The van der Waals surface area contributed by atoms with Crippen molar-refractivity contribution < 1.29 is 10.2 Å². The maximum atomic E-state index is 9.78. The normalized spacial score (nSPS) is 10.7. The monoisotopic (exact) mass is 242 g/mol. The lowest BCUT2D eigenvalue weighted by atomic mass is 9.91. The van der Waals surface area contributed by atoms with Gasteiger partial charge in [-0.15, -0.1) is 0 Å². The third-order valence-corrected chi connectivity index (χ3v) is 3.74. The average Bonchev–Trinajstić information content (AvgIpc) is 2.35. The minimum absolute atomic E-state index is 0.0263. The van der Waals surface area contributed by atoms with Gasteiger partial charge in [0.1, 0.15) is 0 Å². The molecule has 0 radical (unpaired) electrons. The molecule has 0 aliphatic heterocycles. The summed E-state index contributed by atoms with van der Waals surface area (Å²) in [6.07, 6.45) is 0. The van der Waals surface area contributed by atoms with Gasteiger partial charge in [0.05, 0.1) is 0 Å². The van der Waals surface area contributed by atoms with Crippen LogP contribution in [0.25, 0.3) is 11.1 Å². The predicted molar refractivity (Wildman–Crippen MR) is 74.2 cm³/mol. The van der Waals surface area contributed by atoms with Crippen LogP contribution in [-0.4, -0.2) is 10.2 Å². The third-order valence-electron chi connectivity index (χ3n) is 3.74. The van der Waals surface area contributed by atoms with Crippen molar-refractivity contribution in [1.82, 2.24) is 0 Å². The molecule has 0 heterocycles. The van der Waals surface area contributed by atoms with Crippen molar-refractivity contribution in [3.63, 3.8) is 0 Å². The smallest absolute Gasteiger partial charge is 0.160 e. The van der Waals surface area contributed by atoms with Crippen LogP contribution in [0.3, 0.4) is 0 Å². The molecule has 0 saturated heterocycles. The fraction of sp³-hybridized carbons (Fsp3) is 0.250. The molecule has 2 rings (SSSR count). The first-order valence-electron chi connectivity index (χ1n) is 6.02. The highest BCUT2D eigenvalue weighted by atomic mass is 16.3. The second-order valence-electron chi connectivity index (χ2n) is 4.79. The summed E-state index contributed by atoms with van der Waals surface area (Å²) in [7, 11) is 0. The minimum atomic E-state index is -0.0611. The quantitative estimate of drug-likeness (QED) is 0.742. The first kappa shape index (κ1) is 12.5. The summed E-state index contributed by atoms with van der Waals surface area (Å²) in [6.45, 7) is 7.93. The largest absolute Gasteiger partial charge is 0.504 e. The molecule has 94 valence electrons. The highest BCUT2D eigenvalue weighted by Crippen LogP contribution is 2.39. The van der Waals surface area contributed by atoms with Crippen LogP contribution in [0.2, 0.25) is 0 Å². The topological polar surface area (TPSA) is 40.5 Å². The number of hydrogen-bond acceptors (Lipinski definition) is 2. The Labute approximate surface area is 108 Å². The van der Waals surface area contributed by atoms with E-state index in [0.29, 0.717) is 0 Å². The zero-order chi connectivity index (χ0) is 13.4. The highest BCUT2D eigenvalue weighted by molar-refractivity contribution is 5.75. The minimum Gasteiger partial charge on any atom is -0.504 e. The summed E-state index contributed by atoms with van der Waals surface area (Å²) >= 11 is 0. The van der Waals surface area contributed by atoms with Crippen molar-refractivity contribution in [1.29, 1.82) is 0 Å².